The largest absolute Gasteiger partial charge is 0.465 e. The standard InChI is InChI=1S/C23H26N2O2/c1-23(2,3)21-20-14-18(10-9-17(20)11-12-25(21)22(26)27)19(15-24)13-16-7-5-4-6-8-16/h4-10,14,19,21H,11-13H2,1-3H3,(H,26,27). The molecule has 0 aliphatic carbocycles. The van der Waals surface area contributed by atoms with Crippen molar-refractivity contribution in [2.24, 2.45) is 5.41 Å². The zero-order chi connectivity index (χ0) is 19.6. The number of benzene rings is 2. The molecule has 0 radical (unpaired) electrons. The van der Waals surface area contributed by atoms with Crippen LogP contribution in [0.2, 0.25) is 0 Å². The minimum Gasteiger partial charge on any atom is -0.465 e. The van der Waals surface area contributed by atoms with Gasteiger partial charge < -0.3 is 10.0 Å². The van der Waals surface area contributed by atoms with Crippen LogP contribution in [0.15, 0.2) is 48.5 Å². The summed E-state index contributed by atoms with van der Waals surface area (Å²) in [5.41, 5.74) is 4.09. The third-order valence-corrected chi connectivity index (χ3v) is 5.31. The van der Waals surface area contributed by atoms with Crippen molar-refractivity contribution in [1.29, 1.82) is 5.26 Å². The summed E-state index contributed by atoms with van der Waals surface area (Å²) in [6.45, 7) is 6.72. The number of carboxylic acid groups (broad SMARTS) is 1. The summed E-state index contributed by atoms with van der Waals surface area (Å²) >= 11 is 0. The zero-order valence-corrected chi connectivity index (χ0v) is 16.1. The van der Waals surface area contributed by atoms with Crippen LogP contribution < -0.4 is 0 Å². The van der Waals surface area contributed by atoms with Crippen LogP contribution >= 0.6 is 0 Å². The Kier molecular flexibility index (Phi) is 5.23. The van der Waals surface area contributed by atoms with Crippen LogP contribution in [0.5, 0.6) is 0 Å². The summed E-state index contributed by atoms with van der Waals surface area (Å²) in [6.07, 6.45) is 0.482. The van der Waals surface area contributed by atoms with Crippen molar-refractivity contribution in [2.75, 3.05) is 6.54 Å². The fourth-order valence-corrected chi connectivity index (χ4v) is 4.08. The Bertz CT molecular complexity index is 862. The van der Waals surface area contributed by atoms with Gasteiger partial charge in [0.25, 0.3) is 0 Å². The van der Waals surface area contributed by atoms with Crippen molar-refractivity contribution >= 4 is 6.09 Å². The van der Waals surface area contributed by atoms with Crippen molar-refractivity contribution < 1.29 is 9.90 Å². The lowest BCUT2D eigenvalue weighted by molar-refractivity contribution is 0.0758. The molecule has 4 heteroatoms. The molecule has 140 valence electrons. The van der Waals surface area contributed by atoms with E-state index in [2.05, 4.69) is 39.0 Å². The van der Waals surface area contributed by atoms with Crippen LogP contribution in [0, 0.1) is 16.7 Å². The van der Waals surface area contributed by atoms with Gasteiger partial charge >= 0.3 is 6.09 Å². The molecule has 1 heterocycles. The van der Waals surface area contributed by atoms with E-state index < -0.39 is 6.09 Å². The number of carbonyl (C=O) groups is 1. The van der Waals surface area contributed by atoms with Gasteiger partial charge in [-0.2, -0.15) is 5.26 Å². The lowest BCUT2D eigenvalue weighted by atomic mass is 9.76. The highest BCUT2D eigenvalue weighted by molar-refractivity contribution is 5.67. The lowest BCUT2D eigenvalue weighted by Crippen LogP contribution is -2.44. The van der Waals surface area contributed by atoms with Crippen LogP contribution in [0.25, 0.3) is 0 Å². The van der Waals surface area contributed by atoms with Crippen molar-refractivity contribution in [2.45, 2.75) is 45.6 Å². The van der Waals surface area contributed by atoms with Gasteiger partial charge in [0.2, 0.25) is 0 Å². The SMILES string of the molecule is CC(C)(C)C1c2cc(C(C#N)Cc3ccccc3)ccc2CCN1C(=O)O. The highest BCUT2D eigenvalue weighted by Gasteiger charge is 2.38. The molecule has 3 rings (SSSR count). The predicted molar refractivity (Wildman–Crippen MR) is 106 cm³/mol. The van der Waals surface area contributed by atoms with Crippen molar-refractivity contribution in [3.63, 3.8) is 0 Å². The van der Waals surface area contributed by atoms with Gasteiger partial charge in [-0.3, -0.25) is 0 Å². The van der Waals surface area contributed by atoms with E-state index in [1.807, 2.05) is 36.4 Å². The van der Waals surface area contributed by atoms with Gasteiger partial charge in [0.15, 0.2) is 0 Å². The van der Waals surface area contributed by atoms with E-state index in [1.54, 1.807) is 4.90 Å². The molecule has 1 aliphatic rings. The Morgan fingerprint density at radius 2 is 1.96 bits per heavy atom. The van der Waals surface area contributed by atoms with Gasteiger partial charge in [0, 0.05) is 6.54 Å². The average Bonchev–Trinajstić information content (AvgIpc) is 2.64. The maximum atomic E-state index is 11.8. The fraction of sp³-hybridized carbons (Fsp3) is 0.391. The molecule has 2 atom stereocenters. The summed E-state index contributed by atoms with van der Waals surface area (Å²) < 4.78 is 0. The van der Waals surface area contributed by atoms with Crippen LogP contribution in [0.1, 0.15) is 55.0 Å². The van der Waals surface area contributed by atoms with Crippen LogP contribution in [-0.4, -0.2) is 22.6 Å². The van der Waals surface area contributed by atoms with Gasteiger partial charge in [-0.1, -0.05) is 69.3 Å². The zero-order valence-electron chi connectivity index (χ0n) is 16.1. The molecule has 0 saturated carbocycles. The summed E-state index contributed by atoms with van der Waals surface area (Å²) in [7, 11) is 0. The molecular formula is C23H26N2O2. The number of rotatable bonds is 3. The first kappa shape index (κ1) is 19.0. The summed E-state index contributed by atoms with van der Waals surface area (Å²) in [6, 6.07) is 18.4. The first-order valence-corrected chi connectivity index (χ1v) is 9.37. The van der Waals surface area contributed by atoms with E-state index >= 15 is 0 Å². The lowest BCUT2D eigenvalue weighted by Gasteiger charge is -2.43. The Hall–Kier alpha value is -2.80. The summed E-state index contributed by atoms with van der Waals surface area (Å²) in [5, 5.41) is 19.4. The van der Waals surface area contributed by atoms with E-state index in [0.717, 1.165) is 16.7 Å². The molecule has 2 aromatic carbocycles. The Balaban J connectivity index is 2.00. The molecule has 1 aliphatic heterocycles. The topological polar surface area (TPSA) is 64.3 Å². The molecule has 0 fully saturated rings. The molecule has 4 nitrogen and oxygen atoms in total. The Morgan fingerprint density at radius 1 is 1.26 bits per heavy atom. The Morgan fingerprint density at radius 3 is 2.56 bits per heavy atom. The fourth-order valence-electron chi connectivity index (χ4n) is 4.08. The number of fused-ring (bicyclic) bond motifs is 1. The normalized spacial score (nSPS) is 17.7. The molecule has 0 saturated heterocycles. The number of amides is 1. The van der Waals surface area contributed by atoms with Gasteiger partial charge in [0.05, 0.1) is 18.0 Å². The molecule has 0 aromatic heterocycles. The highest BCUT2D eigenvalue weighted by Crippen LogP contribution is 2.43. The summed E-state index contributed by atoms with van der Waals surface area (Å²) in [5.74, 6) is -0.251. The van der Waals surface area contributed by atoms with Crippen molar-refractivity contribution in [3.8, 4) is 6.07 Å². The number of hydrogen-bond acceptors (Lipinski definition) is 2. The van der Waals surface area contributed by atoms with Crippen molar-refractivity contribution in [1.82, 2.24) is 4.90 Å². The minimum atomic E-state index is -0.882. The van der Waals surface area contributed by atoms with E-state index in [1.165, 1.54) is 5.56 Å². The van der Waals surface area contributed by atoms with E-state index in [9.17, 15) is 15.2 Å². The van der Waals surface area contributed by atoms with Gasteiger partial charge in [-0.15, -0.1) is 0 Å². The average molecular weight is 362 g/mol. The molecule has 0 spiro atoms. The minimum absolute atomic E-state index is 0.213. The number of nitrogens with zero attached hydrogens (tertiary/aromatic N) is 2. The Labute approximate surface area is 161 Å². The smallest absolute Gasteiger partial charge is 0.407 e. The van der Waals surface area contributed by atoms with Crippen LogP contribution in [-0.2, 0) is 12.8 Å². The third kappa shape index (κ3) is 3.98. The number of hydrogen-bond donors (Lipinski definition) is 1. The second-order valence-corrected chi connectivity index (χ2v) is 8.32. The molecular weight excluding hydrogens is 336 g/mol. The predicted octanol–water partition coefficient (Wildman–Crippen LogP) is 5.16. The molecule has 1 N–H and O–H groups in total. The molecule has 2 aromatic rings. The first-order valence-electron chi connectivity index (χ1n) is 9.37. The quantitative estimate of drug-likeness (QED) is 0.820. The monoisotopic (exact) mass is 362 g/mol. The second kappa shape index (κ2) is 7.44. The number of nitriles is 1. The molecule has 0 bridgehead atoms. The second-order valence-electron chi connectivity index (χ2n) is 8.32. The molecule has 2 unspecified atom stereocenters. The maximum Gasteiger partial charge on any atom is 0.407 e. The van der Waals surface area contributed by atoms with E-state index in [-0.39, 0.29) is 17.4 Å². The van der Waals surface area contributed by atoms with Crippen LogP contribution in [0.3, 0.4) is 0 Å². The van der Waals surface area contributed by atoms with E-state index in [4.69, 9.17) is 0 Å². The first-order chi connectivity index (χ1) is 12.8. The third-order valence-electron chi connectivity index (χ3n) is 5.31. The van der Waals surface area contributed by atoms with Gasteiger partial charge in [0.1, 0.15) is 0 Å². The van der Waals surface area contributed by atoms with Gasteiger partial charge in [-0.25, -0.2) is 4.79 Å². The summed E-state index contributed by atoms with van der Waals surface area (Å²) in [4.78, 5) is 13.4. The maximum absolute atomic E-state index is 11.8. The highest BCUT2D eigenvalue weighted by atomic mass is 16.4. The van der Waals surface area contributed by atoms with E-state index in [0.29, 0.717) is 19.4 Å². The molecule has 1 amide bonds. The van der Waals surface area contributed by atoms with Crippen LogP contribution in [0.4, 0.5) is 4.79 Å². The molecule has 27 heavy (non-hydrogen) atoms. The van der Waals surface area contributed by atoms with Gasteiger partial charge in [-0.05, 0) is 40.5 Å². The van der Waals surface area contributed by atoms with Crippen molar-refractivity contribution in [3.05, 3.63) is 70.8 Å².